The van der Waals surface area contributed by atoms with Crippen molar-refractivity contribution in [3.63, 3.8) is 0 Å². The molecule has 1 fully saturated rings. The third-order valence-corrected chi connectivity index (χ3v) is 7.14. The van der Waals surface area contributed by atoms with E-state index in [1.165, 1.54) is 22.5 Å². The number of non-ortho nitro benzene ring substituents is 1. The minimum Gasteiger partial charge on any atom is -0.322 e. The summed E-state index contributed by atoms with van der Waals surface area (Å²) in [5, 5.41) is 13.4. The van der Waals surface area contributed by atoms with Gasteiger partial charge >= 0.3 is 0 Å². The second-order valence-corrected chi connectivity index (χ2v) is 9.13. The van der Waals surface area contributed by atoms with Gasteiger partial charge in [-0.25, -0.2) is 8.42 Å². The van der Waals surface area contributed by atoms with Crippen LogP contribution in [-0.4, -0.2) is 36.6 Å². The van der Waals surface area contributed by atoms with E-state index in [1.807, 2.05) is 0 Å². The van der Waals surface area contributed by atoms with Gasteiger partial charge in [-0.1, -0.05) is 24.1 Å². The number of amides is 1. The number of hydrogen-bond donors (Lipinski definition) is 1. The van der Waals surface area contributed by atoms with Crippen LogP contribution in [0, 0.1) is 17.0 Å². The summed E-state index contributed by atoms with van der Waals surface area (Å²) in [7, 11) is -3.66. The highest BCUT2D eigenvalue weighted by Gasteiger charge is 2.27. The monoisotopic (exact) mass is 437 g/mol. The lowest BCUT2D eigenvalue weighted by Crippen LogP contribution is -2.36. The highest BCUT2D eigenvalue weighted by Crippen LogP contribution is 2.27. The van der Waals surface area contributed by atoms with Crippen LogP contribution >= 0.6 is 11.6 Å². The first-order valence-corrected chi connectivity index (χ1v) is 10.9. The van der Waals surface area contributed by atoms with Crippen LogP contribution in [0.1, 0.15) is 35.2 Å². The largest absolute Gasteiger partial charge is 0.322 e. The molecule has 1 amide bonds. The van der Waals surface area contributed by atoms with Gasteiger partial charge in [-0.15, -0.1) is 0 Å². The predicted octanol–water partition coefficient (Wildman–Crippen LogP) is 3.98. The molecule has 29 heavy (non-hydrogen) atoms. The van der Waals surface area contributed by atoms with Crippen molar-refractivity contribution in [2.24, 2.45) is 0 Å². The van der Waals surface area contributed by atoms with Crippen molar-refractivity contribution >= 4 is 38.9 Å². The quantitative estimate of drug-likeness (QED) is 0.561. The summed E-state index contributed by atoms with van der Waals surface area (Å²) in [5.74, 6) is -0.588. The smallest absolute Gasteiger partial charge is 0.270 e. The van der Waals surface area contributed by atoms with Crippen LogP contribution in [-0.2, 0) is 10.0 Å². The van der Waals surface area contributed by atoms with Gasteiger partial charge in [0.05, 0.1) is 20.4 Å². The first-order chi connectivity index (χ1) is 13.7. The standard InChI is InChI=1S/C19H20ClN3O5S/c1-13-5-6-14(11-18(13)29(27,28)22-9-3-2-4-10-22)21-19(24)16-8-7-15(23(25)26)12-17(16)20/h5-8,11-12H,2-4,9-10H2,1H3,(H,21,24). The average molecular weight is 438 g/mol. The topological polar surface area (TPSA) is 110 Å². The molecule has 0 bridgehead atoms. The molecule has 2 aromatic carbocycles. The van der Waals surface area contributed by atoms with E-state index in [0.717, 1.165) is 25.3 Å². The molecule has 8 nitrogen and oxygen atoms in total. The number of rotatable bonds is 5. The summed E-state index contributed by atoms with van der Waals surface area (Å²) in [5.41, 5.74) is 0.711. The molecule has 0 spiro atoms. The molecule has 0 atom stereocenters. The molecular weight excluding hydrogens is 418 g/mol. The number of piperidine rings is 1. The maximum absolute atomic E-state index is 13.0. The molecule has 1 aliphatic rings. The Bertz CT molecular complexity index is 1070. The van der Waals surface area contributed by atoms with E-state index in [9.17, 15) is 23.3 Å². The van der Waals surface area contributed by atoms with E-state index in [1.54, 1.807) is 19.1 Å². The van der Waals surface area contributed by atoms with Crippen molar-refractivity contribution in [1.29, 1.82) is 0 Å². The number of anilines is 1. The molecular formula is C19H20ClN3O5S. The zero-order valence-corrected chi connectivity index (χ0v) is 17.3. The van der Waals surface area contributed by atoms with Gasteiger partial charge in [-0.3, -0.25) is 14.9 Å². The predicted molar refractivity (Wildman–Crippen MR) is 110 cm³/mol. The SMILES string of the molecule is Cc1ccc(NC(=O)c2ccc([N+](=O)[O-])cc2Cl)cc1S(=O)(=O)N1CCCCC1. The Morgan fingerprint density at radius 2 is 1.83 bits per heavy atom. The maximum Gasteiger partial charge on any atom is 0.270 e. The summed E-state index contributed by atoms with van der Waals surface area (Å²) in [4.78, 5) is 22.9. The number of nitrogens with one attached hydrogen (secondary N) is 1. The second-order valence-electron chi connectivity index (χ2n) is 6.82. The molecule has 0 aromatic heterocycles. The van der Waals surface area contributed by atoms with Gasteiger partial charge in [0.1, 0.15) is 0 Å². The lowest BCUT2D eigenvalue weighted by atomic mass is 10.1. The van der Waals surface area contributed by atoms with E-state index < -0.39 is 20.9 Å². The Labute approximate surface area is 173 Å². The highest BCUT2D eigenvalue weighted by molar-refractivity contribution is 7.89. The molecule has 1 N–H and O–H groups in total. The first-order valence-electron chi connectivity index (χ1n) is 9.06. The summed E-state index contributed by atoms with van der Waals surface area (Å²) in [6.45, 7) is 2.67. The molecule has 3 rings (SSSR count). The number of sulfonamides is 1. The number of hydrogen-bond acceptors (Lipinski definition) is 5. The van der Waals surface area contributed by atoms with Crippen LogP contribution in [0.5, 0.6) is 0 Å². The number of aryl methyl sites for hydroxylation is 1. The van der Waals surface area contributed by atoms with Crippen LogP contribution in [0.3, 0.4) is 0 Å². The number of nitro benzene ring substituents is 1. The molecule has 0 aliphatic carbocycles. The van der Waals surface area contributed by atoms with E-state index in [4.69, 9.17) is 11.6 Å². The van der Waals surface area contributed by atoms with Crippen molar-refractivity contribution in [1.82, 2.24) is 4.31 Å². The zero-order chi connectivity index (χ0) is 21.2. The van der Waals surface area contributed by atoms with Gasteiger partial charge in [0.2, 0.25) is 10.0 Å². The zero-order valence-electron chi connectivity index (χ0n) is 15.7. The van der Waals surface area contributed by atoms with Crippen molar-refractivity contribution in [2.75, 3.05) is 18.4 Å². The van der Waals surface area contributed by atoms with Crippen LogP contribution in [0.25, 0.3) is 0 Å². The Morgan fingerprint density at radius 3 is 2.45 bits per heavy atom. The van der Waals surface area contributed by atoms with E-state index in [-0.39, 0.29) is 21.2 Å². The summed E-state index contributed by atoms with van der Waals surface area (Å²) < 4.78 is 27.5. The number of nitrogens with zero attached hydrogens (tertiary/aromatic N) is 2. The van der Waals surface area contributed by atoms with E-state index >= 15 is 0 Å². The summed E-state index contributed by atoms with van der Waals surface area (Å²) in [6.07, 6.45) is 2.66. The van der Waals surface area contributed by atoms with Crippen molar-refractivity contribution in [3.05, 3.63) is 62.7 Å². The maximum atomic E-state index is 13.0. The Hall–Kier alpha value is -2.49. The number of carbonyl (C=O) groups excluding carboxylic acids is 1. The lowest BCUT2D eigenvalue weighted by Gasteiger charge is -2.26. The molecule has 2 aromatic rings. The molecule has 10 heteroatoms. The molecule has 0 radical (unpaired) electrons. The Morgan fingerprint density at radius 1 is 1.14 bits per heavy atom. The number of benzene rings is 2. The minimum absolute atomic E-state index is 0.0540. The third-order valence-electron chi connectivity index (χ3n) is 4.79. The fourth-order valence-corrected chi connectivity index (χ4v) is 5.23. The minimum atomic E-state index is -3.66. The van der Waals surface area contributed by atoms with Gasteiger partial charge in [-0.05, 0) is 43.5 Å². The van der Waals surface area contributed by atoms with Gasteiger partial charge in [-0.2, -0.15) is 4.31 Å². The molecule has 0 unspecified atom stereocenters. The number of nitro groups is 1. The lowest BCUT2D eigenvalue weighted by molar-refractivity contribution is -0.384. The fourth-order valence-electron chi connectivity index (χ4n) is 3.20. The van der Waals surface area contributed by atoms with Crippen LogP contribution in [0.15, 0.2) is 41.3 Å². The third kappa shape index (κ3) is 4.58. The van der Waals surface area contributed by atoms with Gasteiger partial charge < -0.3 is 5.32 Å². The van der Waals surface area contributed by atoms with E-state index in [2.05, 4.69) is 5.32 Å². The van der Waals surface area contributed by atoms with Crippen LogP contribution < -0.4 is 5.32 Å². The average Bonchev–Trinajstić information content (AvgIpc) is 2.69. The molecule has 0 saturated carbocycles. The van der Waals surface area contributed by atoms with Crippen molar-refractivity contribution in [2.45, 2.75) is 31.1 Å². The van der Waals surface area contributed by atoms with Crippen molar-refractivity contribution in [3.8, 4) is 0 Å². The molecule has 1 saturated heterocycles. The highest BCUT2D eigenvalue weighted by atomic mass is 35.5. The van der Waals surface area contributed by atoms with Gasteiger partial charge in [0.15, 0.2) is 0 Å². The van der Waals surface area contributed by atoms with Crippen LogP contribution in [0.4, 0.5) is 11.4 Å². The molecule has 154 valence electrons. The van der Waals surface area contributed by atoms with Crippen LogP contribution in [0.2, 0.25) is 5.02 Å². The normalized spacial score (nSPS) is 15.1. The van der Waals surface area contributed by atoms with E-state index in [0.29, 0.717) is 24.3 Å². The summed E-state index contributed by atoms with van der Waals surface area (Å²) in [6, 6.07) is 8.19. The second kappa shape index (κ2) is 8.48. The van der Waals surface area contributed by atoms with Crippen molar-refractivity contribution < 1.29 is 18.1 Å². The van der Waals surface area contributed by atoms with Gasteiger partial charge in [0.25, 0.3) is 11.6 Å². The van der Waals surface area contributed by atoms with Gasteiger partial charge in [0, 0.05) is 30.9 Å². The Balaban J connectivity index is 1.86. The Kier molecular flexibility index (Phi) is 6.21. The molecule has 1 aliphatic heterocycles. The first kappa shape index (κ1) is 21.2. The summed E-state index contributed by atoms with van der Waals surface area (Å²) >= 11 is 6.00. The fraction of sp³-hybridized carbons (Fsp3) is 0.316. The molecule has 1 heterocycles. The number of carbonyl (C=O) groups is 1. The number of halogens is 1.